The van der Waals surface area contributed by atoms with Crippen LogP contribution in [0.25, 0.3) is 5.70 Å². The van der Waals surface area contributed by atoms with E-state index in [1.54, 1.807) is 16.8 Å². The molecular weight excluding hydrogens is 406 g/mol. The Balaban J connectivity index is 2.04. The van der Waals surface area contributed by atoms with Crippen LogP contribution < -0.4 is 14.2 Å². The van der Waals surface area contributed by atoms with Crippen molar-refractivity contribution >= 4 is 29.1 Å². The summed E-state index contributed by atoms with van der Waals surface area (Å²) in [5.74, 6) is 0.627. The van der Waals surface area contributed by atoms with Gasteiger partial charge in [-0.25, -0.2) is 4.79 Å². The molecule has 0 aliphatic carbocycles. The summed E-state index contributed by atoms with van der Waals surface area (Å²) >= 11 is 6.03. The fourth-order valence-electron chi connectivity index (χ4n) is 3.33. The number of imidazole rings is 1. The lowest BCUT2D eigenvalue weighted by molar-refractivity contribution is -0.695. The van der Waals surface area contributed by atoms with Gasteiger partial charge in [-0.3, -0.25) is 9.80 Å². The number of rotatable bonds is 9. The molecule has 0 radical (unpaired) electrons. The Morgan fingerprint density at radius 3 is 2.67 bits per heavy atom. The fraction of sp³-hybridized carbons (Fsp3) is 0.429. The third kappa shape index (κ3) is 4.33. The summed E-state index contributed by atoms with van der Waals surface area (Å²) in [6, 6.07) is 7.94. The lowest BCUT2D eigenvalue weighted by atomic mass is 10.2. The maximum absolute atomic E-state index is 12.9. The van der Waals surface area contributed by atoms with Gasteiger partial charge in [-0.05, 0) is 37.5 Å². The first-order valence-corrected chi connectivity index (χ1v) is 10.4. The number of amides is 2. The first-order chi connectivity index (χ1) is 14.4. The first kappa shape index (κ1) is 21.8. The molecule has 160 valence electrons. The van der Waals surface area contributed by atoms with Crippen LogP contribution in [0.15, 0.2) is 36.0 Å². The Hall–Kier alpha value is -2.87. The van der Waals surface area contributed by atoms with Crippen LogP contribution in [0.1, 0.15) is 37.9 Å². The fourth-order valence-corrected chi connectivity index (χ4v) is 3.45. The second-order valence-corrected chi connectivity index (χ2v) is 7.76. The Morgan fingerprint density at radius 1 is 1.33 bits per heavy atom. The number of hydrogen-bond acceptors (Lipinski definition) is 4. The second kappa shape index (κ2) is 9.30. The van der Waals surface area contributed by atoms with Gasteiger partial charge >= 0.3 is 12.0 Å². The molecule has 3 rings (SSSR count). The van der Waals surface area contributed by atoms with Crippen molar-refractivity contribution < 1.29 is 14.1 Å². The molecular formula is C21H27ClN5O3+. The molecule has 9 heteroatoms. The highest BCUT2D eigenvalue weighted by molar-refractivity contribution is 6.30. The van der Waals surface area contributed by atoms with Crippen LogP contribution in [0, 0.1) is 4.91 Å². The number of halogens is 1. The summed E-state index contributed by atoms with van der Waals surface area (Å²) in [5.41, 5.74) is 2.36. The topological polar surface area (TPSA) is 81.9 Å². The Labute approximate surface area is 181 Å². The summed E-state index contributed by atoms with van der Waals surface area (Å²) < 4.78 is 8.12. The molecule has 0 spiro atoms. The molecule has 1 aliphatic rings. The van der Waals surface area contributed by atoms with E-state index in [1.165, 1.54) is 0 Å². The van der Waals surface area contributed by atoms with Crippen LogP contribution in [0.4, 0.5) is 10.6 Å². The van der Waals surface area contributed by atoms with Gasteiger partial charge < -0.3 is 4.74 Å². The zero-order valence-corrected chi connectivity index (χ0v) is 18.3. The van der Waals surface area contributed by atoms with E-state index in [9.17, 15) is 9.70 Å². The number of ether oxygens (including phenoxy) is 1. The van der Waals surface area contributed by atoms with E-state index in [0.717, 1.165) is 17.7 Å². The predicted molar refractivity (Wildman–Crippen MR) is 117 cm³/mol. The van der Waals surface area contributed by atoms with Gasteiger partial charge in [0.15, 0.2) is 0 Å². The molecule has 1 aromatic heterocycles. The lowest BCUT2D eigenvalue weighted by Crippen LogP contribution is -2.49. The normalized spacial score (nSPS) is 14.7. The van der Waals surface area contributed by atoms with Crippen LogP contribution >= 0.6 is 11.6 Å². The van der Waals surface area contributed by atoms with Crippen molar-refractivity contribution in [1.82, 2.24) is 9.88 Å². The molecule has 1 aliphatic heterocycles. The van der Waals surface area contributed by atoms with Crippen LogP contribution in [-0.2, 0) is 6.54 Å². The predicted octanol–water partition coefficient (Wildman–Crippen LogP) is 4.18. The van der Waals surface area contributed by atoms with Crippen molar-refractivity contribution in [3.05, 3.63) is 52.0 Å². The molecule has 1 N–H and O–H groups in total. The van der Waals surface area contributed by atoms with Crippen molar-refractivity contribution in [3.8, 4) is 6.01 Å². The van der Waals surface area contributed by atoms with Crippen LogP contribution in [0.5, 0.6) is 6.01 Å². The average molecular weight is 433 g/mol. The van der Waals surface area contributed by atoms with Crippen molar-refractivity contribution in [1.29, 1.82) is 0 Å². The number of nitrogens with one attached hydrogen (secondary N) is 1. The SMILES string of the molecule is C=C1c2c([nH]c(OC(C)CC)[n+]2Cc2ccc(Cl)cc2)N(C)C(=O)N1CCCN=O. The molecule has 2 aromatic rings. The lowest BCUT2D eigenvalue weighted by Gasteiger charge is -2.31. The van der Waals surface area contributed by atoms with E-state index < -0.39 is 0 Å². The van der Waals surface area contributed by atoms with E-state index in [-0.39, 0.29) is 18.7 Å². The van der Waals surface area contributed by atoms with Crippen LogP contribution in [-0.4, -0.2) is 42.2 Å². The number of carbonyl (C=O) groups excluding carboxylic acids is 1. The minimum absolute atomic E-state index is 0.00869. The van der Waals surface area contributed by atoms with E-state index in [2.05, 4.69) is 23.7 Å². The molecule has 0 saturated carbocycles. The number of fused-ring (bicyclic) bond motifs is 1. The first-order valence-electron chi connectivity index (χ1n) is 9.97. The molecule has 30 heavy (non-hydrogen) atoms. The number of benzene rings is 1. The van der Waals surface area contributed by atoms with Gasteiger partial charge in [0.25, 0.3) is 5.82 Å². The van der Waals surface area contributed by atoms with Gasteiger partial charge in [-0.2, -0.15) is 14.5 Å². The molecule has 2 heterocycles. The number of carbonyl (C=O) groups is 1. The molecule has 0 saturated heterocycles. The Bertz CT molecular complexity index is 941. The number of urea groups is 1. The number of anilines is 1. The molecule has 1 aromatic carbocycles. The summed E-state index contributed by atoms with van der Waals surface area (Å²) in [4.78, 5) is 29.7. The monoisotopic (exact) mass is 432 g/mol. The number of nitrogens with zero attached hydrogens (tertiary/aromatic N) is 4. The van der Waals surface area contributed by atoms with E-state index in [1.807, 2.05) is 35.8 Å². The summed E-state index contributed by atoms with van der Waals surface area (Å²) in [6.07, 6.45) is 1.30. The second-order valence-electron chi connectivity index (χ2n) is 7.32. The van der Waals surface area contributed by atoms with Gasteiger partial charge in [-0.15, -0.1) is 0 Å². The number of aromatic nitrogens is 2. The highest BCUT2D eigenvalue weighted by Gasteiger charge is 2.41. The van der Waals surface area contributed by atoms with Gasteiger partial charge in [0.2, 0.25) is 5.69 Å². The smallest absolute Gasteiger partial charge is 0.428 e. The summed E-state index contributed by atoms with van der Waals surface area (Å²) in [6.45, 7) is 9.25. The molecule has 1 unspecified atom stereocenters. The van der Waals surface area contributed by atoms with Crippen molar-refractivity contribution in [2.75, 3.05) is 25.0 Å². The van der Waals surface area contributed by atoms with Gasteiger partial charge in [0, 0.05) is 18.6 Å². The molecule has 2 amide bonds. The van der Waals surface area contributed by atoms with Crippen molar-refractivity contribution in [3.63, 3.8) is 0 Å². The largest absolute Gasteiger partial charge is 0.456 e. The zero-order chi connectivity index (χ0) is 21.8. The number of nitroso groups, excluding NO2 is 1. The standard InChI is InChI=1S/C21H26ClN5O3/c1-5-14(2)30-20-24-19-18(27(20)13-16-7-9-17(22)10-8-16)15(3)26(12-6-11-23-29)21(28)25(19)4/h7-10,14H,3,5-6,11-13H2,1-2,4H3/p+1. The average Bonchev–Trinajstić information content (AvgIpc) is 3.08. The molecule has 1 atom stereocenters. The van der Waals surface area contributed by atoms with Crippen LogP contribution in [0.2, 0.25) is 5.02 Å². The third-order valence-electron chi connectivity index (χ3n) is 5.19. The quantitative estimate of drug-likeness (QED) is 0.366. The van der Waals surface area contributed by atoms with Gasteiger partial charge in [-0.1, -0.05) is 42.4 Å². The zero-order valence-electron chi connectivity index (χ0n) is 17.5. The van der Waals surface area contributed by atoms with Gasteiger partial charge in [0.1, 0.15) is 12.6 Å². The molecule has 0 bridgehead atoms. The number of aromatic amines is 1. The van der Waals surface area contributed by atoms with E-state index >= 15 is 0 Å². The Morgan fingerprint density at radius 2 is 2.03 bits per heavy atom. The number of hydrogen-bond donors (Lipinski definition) is 1. The van der Waals surface area contributed by atoms with Crippen molar-refractivity contribution in [2.24, 2.45) is 5.18 Å². The molecule has 0 fully saturated rings. The minimum Gasteiger partial charge on any atom is -0.428 e. The highest BCUT2D eigenvalue weighted by atomic mass is 35.5. The van der Waals surface area contributed by atoms with E-state index in [4.69, 9.17) is 16.3 Å². The van der Waals surface area contributed by atoms with E-state index in [0.29, 0.717) is 42.1 Å². The minimum atomic E-state index is -0.214. The van der Waals surface area contributed by atoms with Crippen LogP contribution in [0.3, 0.4) is 0 Å². The van der Waals surface area contributed by atoms with Gasteiger partial charge in [0.05, 0.1) is 12.2 Å². The third-order valence-corrected chi connectivity index (χ3v) is 5.44. The maximum Gasteiger partial charge on any atom is 0.456 e. The number of H-pyrrole nitrogens is 1. The molecule has 8 nitrogen and oxygen atoms in total. The Kier molecular flexibility index (Phi) is 6.77. The maximum atomic E-state index is 12.9. The summed E-state index contributed by atoms with van der Waals surface area (Å²) in [7, 11) is 1.70. The van der Waals surface area contributed by atoms with Crippen molar-refractivity contribution in [2.45, 2.75) is 39.3 Å². The highest BCUT2D eigenvalue weighted by Crippen LogP contribution is 2.33. The summed E-state index contributed by atoms with van der Waals surface area (Å²) in [5, 5.41) is 3.55.